The highest BCUT2D eigenvalue weighted by Crippen LogP contribution is 2.27. The number of hydrogen-bond donors (Lipinski definition) is 2. The molecule has 3 aromatic carbocycles. The second-order valence-corrected chi connectivity index (χ2v) is 7.40. The van der Waals surface area contributed by atoms with Gasteiger partial charge < -0.3 is 25.7 Å². The molecule has 0 spiro atoms. The third-order valence-corrected chi connectivity index (χ3v) is 4.52. The summed E-state index contributed by atoms with van der Waals surface area (Å²) in [6.45, 7) is -0.00491. The van der Waals surface area contributed by atoms with Crippen LogP contribution in [0.25, 0.3) is 6.08 Å². The zero-order chi connectivity index (χ0) is 26.3. The fourth-order valence-corrected chi connectivity index (χ4v) is 2.87. The Hall–Kier alpha value is -4.54. The van der Waals surface area contributed by atoms with Crippen molar-refractivity contribution in [2.45, 2.75) is 19.1 Å². The third kappa shape index (κ3) is 7.49. The van der Waals surface area contributed by atoms with E-state index < -0.39 is 30.2 Å². The molecule has 0 bridgehead atoms. The molecule has 0 unspecified atom stereocenters. The van der Waals surface area contributed by atoms with Crippen molar-refractivity contribution < 1.29 is 41.4 Å². The van der Waals surface area contributed by atoms with Crippen LogP contribution in [-0.4, -0.2) is 24.5 Å². The van der Waals surface area contributed by atoms with Gasteiger partial charge in [-0.05, 0) is 71.8 Å². The molecule has 0 amide bonds. The molecule has 0 aliphatic heterocycles. The first-order valence-electron chi connectivity index (χ1n) is 10.3. The normalized spacial score (nSPS) is 11.5. The molecule has 188 valence electrons. The second kappa shape index (κ2) is 11.3. The van der Waals surface area contributed by atoms with Gasteiger partial charge in [-0.25, -0.2) is 9.59 Å². The average Bonchev–Trinajstić information content (AvgIpc) is 2.82. The molecule has 7 nitrogen and oxygen atoms in total. The SMILES string of the molecule is Nc1cc(N)cc(COC(=O)C=Cc2ccc(OC(=O)c3ccc(OC(F)(F)C(F)F)cc3)cc2)c1. The number of carbonyl (C=O) groups is 2. The van der Waals surface area contributed by atoms with E-state index in [9.17, 15) is 27.2 Å². The molecule has 0 fully saturated rings. The van der Waals surface area contributed by atoms with E-state index in [4.69, 9.17) is 20.9 Å². The van der Waals surface area contributed by atoms with Crippen molar-refractivity contribution >= 4 is 29.4 Å². The quantitative estimate of drug-likeness (QED) is 0.138. The van der Waals surface area contributed by atoms with Crippen molar-refractivity contribution in [3.8, 4) is 11.5 Å². The molecule has 0 saturated heterocycles. The molecule has 4 N–H and O–H groups in total. The smallest absolute Gasteiger partial charge is 0.458 e. The molecule has 0 aliphatic carbocycles. The first kappa shape index (κ1) is 26.1. The summed E-state index contributed by atoms with van der Waals surface area (Å²) in [7, 11) is 0. The van der Waals surface area contributed by atoms with Crippen molar-refractivity contribution in [3.05, 3.63) is 89.5 Å². The molecule has 0 aliphatic rings. The summed E-state index contributed by atoms with van der Waals surface area (Å²) < 4.78 is 64.5. The number of nitrogen functional groups attached to an aromatic ring is 2. The first-order chi connectivity index (χ1) is 17.0. The summed E-state index contributed by atoms with van der Waals surface area (Å²) in [5, 5.41) is 0. The lowest BCUT2D eigenvalue weighted by molar-refractivity contribution is -0.253. The van der Waals surface area contributed by atoms with Gasteiger partial charge in [0, 0.05) is 17.5 Å². The van der Waals surface area contributed by atoms with Gasteiger partial charge in [0.25, 0.3) is 0 Å². The third-order valence-electron chi connectivity index (χ3n) is 4.52. The van der Waals surface area contributed by atoms with Gasteiger partial charge in [-0.2, -0.15) is 17.6 Å². The van der Waals surface area contributed by atoms with Crippen molar-refractivity contribution in [2.75, 3.05) is 11.5 Å². The highest BCUT2D eigenvalue weighted by molar-refractivity contribution is 5.91. The van der Waals surface area contributed by atoms with Crippen LogP contribution in [0.15, 0.2) is 72.8 Å². The summed E-state index contributed by atoms with van der Waals surface area (Å²) >= 11 is 0. The number of halogens is 4. The largest absolute Gasteiger partial charge is 0.461 e. The zero-order valence-electron chi connectivity index (χ0n) is 18.5. The van der Waals surface area contributed by atoms with Crippen LogP contribution < -0.4 is 20.9 Å². The van der Waals surface area contributed by atoms with Crippen LogP contribution in [0.4, 0.5) is 28.9 Å². The van der Waals surface area contributed by atoms with Crippen LogP contribution >= 0.6 is 0 Å². The number of esters is 2. The van der Waals surface area contributed by atoms with E-state index in [1.54, 1.807) is 30.3 Å². The molecule has 0 saturated carbocycles. The Morgan fingerprint density at radius 3 is 2.06 bits per heavy atom. The van der Waals surface area contributed by atoms with E-state index in [0.29, 0.717) is 22.5 Å². The predicted molar refractivity (Wildman–Crippen MR) is 124 cm³/mol. The predicted octanol–water partition coefficient (Wildman–Crippen LogP) is 5.06. The lowest BCUT2D eigenvalue weighted by Gasteiger charge is -2.16. The van der Waals surface area contributed by atoms with Crippen molar-refractivity contribution in [1.29, 1.82) is 0 Å². The number of nitrogens with two attached hydrogens (primary N) is 2. The lowest BCUT2D eigenvalue weighted by Crippen LogP contribution is -2.33. The van der Waals surface area contributed by atoms with E-state index in [1.807, 2.05) is 0 Å². The van der Waals surface area contributed by atoms with Crippen molar-refractivity contribution in [1.82, 2.24) is 0 Å². The maximum absolute atomic E-state index is 12.9. The van der Waals surface area contributed by atoms with Crippen LogP contribution in [-0.2, 0) is 16.1 Å². The molecule has 0 radical (unpaired) electrons. The molecule has 0 aromatic heterocycles. The van der Waals surface area contributed by atoms with Gasteiger partial charge in [0.15, 0.2) is 0 Å². The van der Waals surface area contributed by atoms with Gasteiger partial charge in [0.1, 0.15) is 18.1 Å². The molecule has 11 heteroatoms. The maximum Gasteiger partial charge on any atom is 0.461 e. The van der Waals surface area contributed by atoms with Crippen LogP contribution in [0.1, 0.15) is 21.5 Å². The van der Waals surface area contributed by atoms with Crippen LogP contribution in [0.5, 0.6) is 11.5 Å². The first-order valence-corrected chi connectivity index (χ1v) is 10.3. The van der Waals surface area contributed by atoms with Crippen molar-refractivity contribution in [3.63, 3.8) is 0 Å². The topological polar surface area (TPSA) is 114 Å². The number of rotatable bonds is 9. The van der Waals surface area contributed by atoms with E-state index in [2.05, 4.69) is 4.74 Å². The Bertz CT molecular complexity index is 1230. The van der Waals surface area contributed by atoms with Gasteiger partial charge in [-0.3, -0.25) is 0 Å². The number of hydrogen-bond acceptors (Lipinski definition) is 7. The Kier molecular flexibility index (Phi) is 8.15. The molecule has 36 heavy (non-hydrogen) atoms. The van der Waals surface area contributed by atoms with Gasteiger partial charge >= 0.3 is 24.5 Å². The van der Waals surface area contributed by atoms with Crippen molar-refractivity contribution in [2.24, 2.45) is 0 Å². The van der Waals surface area contributed by atoms with Crippen LogP contribution in [0.2, 0.25) is 0 Å². The summed E-state index contributed by atoms with van der Waals surface area (Å²) in [5.74, 6) is -1.77. The number of anilines is 2. The fraction of sp³-hybridized carbons (Fsp3) is 0.120. The van der Waals surface area contributed by atoms with Gasteiger partial charge in [-0.1, -0.05) is 12.1 Å². The van der Waals surface area contributed by atoms with Crippen LogP contribution in [0.3, 0.4) is 0 Å². The van der Waals surface area contributed by atoms with E-state index in [1.165, 1.54) is 24.3 Å². The van der Waals surface area contributed by atoms with E-state index in [0.717, 1.165) is 24.3 Å². The molecular weight excluding hydrogens is 484 g/mol. The molecule has 3 rings (SSSR count). The number of carbonyl (C=O) groups excluding carboxylic acids is 2. The summed E-state index contributed by atoms with van der Waals surface area (Å²) in [4.78, 5) is 24.2. The zero-order valence-corrected chi connectivity index (χ0v) is 18.5. The standard InChI is InChI=1S/C25H20F4N2O5/c26-24(27)25(28,29)36-21-8-4-17(5-9-21)23(33)35-20-6-1-15(2-7-20)3-10-22(32)34-14-16-11-18(30)13-19(31)12-16/h1-13,24H,14,30-31H2. The summed E-state index contributed by atoms with van der Waals surface area (Å²) in [6, 6.07) is 15.0. The Morgan fingerprint density at radius 2 is 1.47 bits per heavy atom. The van der Waals surface area contributed by atoms with Gasteiger partial charge in [0.2, 0.25) is 0 Å². The van der Waals surface area contributed by atoms with Gasteiger partial charge in [0.05, 0.1) is 5.56 Å². The maximum atomic E-state index is 12.9. The number of ether oxygens (including phenoxy) is 3. The highest BCUT2D eigenvalue weighted by atomic mass is 19.3. The minimum atomic E-state index is -4.65. The molecular formula is C25H20F4N2O5. The summed E-state index contributed by atoms with van der Waals surface area (Å²) in [5.41, 5.74) is 13.5. The highest BCUT2D eigenvalue weighted by Gasteiger charge is 2.43. The number of benzene rings is 3. The van der Waals surface area contributed by atoms with Crippen LogP contribution in [0, 0.1) is 0 Å². The van der Waals surface area contributed by atoms with E-state index >= 15 is 0 Å². The molecule has 0 heterocycles. The minimum absolute atomic E-state index is 0.00491. The Morgan fingerprint density at radius 1 is 0.889 bits per heavy atom. The Labute approximate surface area is 202 Å². The number of alkyl halides is 4. The fourth-order valence-electron chi connectivity index (χ4n) is 2.87. The second-order valence-electron chi connectivity index (χ2n) is 7.40. The summed E-state index contributed by atoms with van der Waals surface area (Å²) in [6.07, 6.45) is -5.94. The van der Waals surface area contributed by atoms with Gasteiger partial charge in [-0.15, -0.1) is 0 Å². The monoisotopic (exact) mass is 504 g/mol. The minimum Gasteiger partial charge on any atom is -0.458 e. The van der Waals surface area contributed by atoms with E-state index in [-0.39, 0.29) is 17.9 Å². The Balaban J connectivity index is 1.51. The lowest BCUT2D eigenvalue weighted by atomic mass is 10.2. The molecule has 3 aromatic rings. The molecule has 0 atom stereocenters. The average molecular weight is 504 g/mol.